The van der Waals surface area contributed by atoms with Gasteiger partial charge in [0.2, 0.25) is 0 Å². The second-order valence-corrected chi connectivity index (χ2v) is 6.04. The molecule has 0 radical (unpaired) electrons. The van der Waals surface area contributed by atoms with Crippen LogP contribution in [0.3, 0.4) is 0 Å². The van der Waals surface area contributed by atoms with Crippen LogP contribution in [0.15, 0.2) is 43.0 Å². The summed E-state index contributed by atoms with van der Waals surface area (Å²) in [5.41, 5.74) is 1.31. The molecule has 2 fully saturated rings. The third kappa shape index (κ3) is 2.76. The van der Waals surface area contributed by atoms with Crippen molar-refractivity contribution in [2.24, 2.45) is 11.8 Å². The largest absolute Gasteiger partial charge is 0.369 e. The van der Waals surface area contributed by atoms with E-state index in [4.69, 9.17) is 4.74 Å². The van der Waals surface area contributed by atoms with Crippen molar-refractivity contribution in [3.05, 3.63) is 48.6 Å². The molecule has 0 spiro atoms. The minimum atomic E-state index is 0.227. The minimum absolute atomic E-state index is 0.227. The summed E-state index contributed by atoms with van der Waals surface area (Å²) in [6.07, 6.45) is 10.8. The van der Waals surface area contributed by atoms with E-state index in [9.17, 15) is 0 Å². The van der Waals surface area contributed by atoms with Crippen LogP contribution in [-0.4, -0.2) is 6.10 Å². The van der Waals surface area contributed by atoms with E-state index in [1.54, 1.807) is 0 Å². The van der Waals surface area contributed by atoms with Crippen molar-refractivity contribution in [3.63, 3.8) is 0 Å². The molecule has 1 heterocycles. The number of benzene rings is 1. The van der Waals surface area contributed by atoms with Gasteiger partial charge in [-0.25, -0.2) is 0 Å². The zero-order valence-corrected chi connectivity index (χ0v) is 11.6. The highest BCUT2D eigenvalue weighted by atomic mass is 16.5. The zero-order valence-electron chi connectivity index (χ0n) is 11.6. The molecule has 3 rings (SSSR count). The number of hydrogen-bond donors (Lipinski definition) is 0. The van der Waals surface area contributed by atoms with E-state index in [1.807, 2.05) is 0 Å². The third-order valence-corrected chi connectivity index (χ3v) is 4.82. The molecule has 0 N–H and O–H groups in total. The molecule has 1 aromatic carbocycles. The summed E-state index contributed by atoms with van der Waals surface area (Å²) in [6.45, 7) is 4.02. The van der Waals surface area contributed by atoms with Gasteiger partial charge in [0.15, 0.2) is 0 Å². The molecule has 0 aromatic heterocycles. The van der Waals surface area contributed by atoms with Crippen LogP contribution < -0.4 is 0 Å². The standard InChI is InChI=1S/C18H24O/c1-2-14-13-17(15-9-5-3-6-10-15)19-18(14)16-11-7-4-8-12-16/h2,4,7-8,11-12,14-15,17-18H,1,3,5-6,9-10,13H2/t14-,17-,18+/m0/s1. The highest BCUT2D eigenvalue weighted by Gasteiger charge is 2.38. The Morgan fingerprint density at radius 1 is 1.05 bits per heavy atom. The van der Waals surface area contributed by atoms with Crippen LogP contribution in [0.1, 0.15) is 50.2 Å². The fourth-order valence-corrected chi connectivity index (χ4v) is 3.73. The van der Waals surface area contributed by atoms with Crippen LogP contribution in [0.4, 0.5) is 0 Å². The predicted octanol–water partition coefficient (Wildman–Crippen LogP) is 4.90. The Morgan fingerprint density at radius 3 is 2.47 bits per heavy atom. The lowest BCUT2D eigenvalue weighted by atomic mass is 9.82. The Morgan fingerprint density at radius 2 is 1.79 bits per heavy atom. The van der Waals surface area contributed by atoms with Crippen molar-refractivity contribution in [1.29, 1.82) is 0 Å². The van der Waals surface area contributed by atoms with E-state index in [2.05, 4.69) is 43.0 Å². The maximum atomic E-state index is 6.42. The Bertz CT molecular complexity index is 405. The molecule has 102 valence electrons. The van der Waals surface area contributed by atoms with Crippen LogP contribution in [-0.2, 0) is 4.74 Å². The van der Waals surface area contributed by atoms with Crippen LogP contribution in [0.2, 0.25) is 0 Å². The van der Waals surface area contributed by atoms with Crippen LogP contribution >= 0.6 is 0 Å². The first-order valence-corrected chi connectivity index (χ1v) is 7.71. The van der Waals surface area contributed by atoms with Crippen molar-refractivity contribution in [1.82, 2.24) is 0 Å². The molecule has 1 heteroatoms. The summed E-state index contributed by atoms with van der Waals surface area (Å²) in [7, 11) is 0. The van der Waals surface area contributed by atoms with Gasteiger partial charge in [-0.3, -0.25) is 0 Å². The van der Waals surface area contributed by atoms with Gasteiger partial charge >= 0.3 is 0 Å². The van der Waals surface area contributed by atoms with Crippen LogP contribution in [0.5, 0.6) is 0 Å². The first-order valence-electron chi connectivity index (χ1n) is 7.71. The molecule has 1 aromatic rings. The summed E-state index contributed by atoms with van der Waals surface area (Å²) in [5.74, 6) is 1.26. The van der Waals surface area contributed by atoms with Crippen molar-refractivity contribution in [2.75, 3.05) is 0 Å². The molecular weight excluding hydrogens is 232 g/mol. The average molecular weight is 256 g/mol. The van der Waals surface area contributed by atoms with E-state index in [0.29, 0.717) is 12.0 Å². The van der Waals surface area contributed by atoms with Crippen molar-refractivity contribution < 1.29 is 4.74 Å². The van der Waals surface area contributed by atoms with Gasteiger partial charge in [-0.15, -0.1) is 6.58 Å². The predicted molar refractivity (Wildman–Crippen MR) is 78.9 cm³/mol. The number of ether oxygens (including phenoxy) is 1. The molecule has 1 aliphatic carbocycles. The highest BCUT2D eigenvalue weighted by Crippen LogP contribution is 2.44. The van der Waals surface area contributed by atoms with Gasteiger partial charge in [-0.05, 0) is 30.7 Å². The quantitative estimate of drug-likeness (QED) is 0.699. The van der Waals surface area contributed by atoms with E-state index in [1.165, 1.54) is 37.7 Å². The Hall–Kier alpha value is -1.08. The second kappa shape index (κ2) is 5.92. The normalized spacial score (nSPS) is 32.3. The molecule has 1 nitrogen and oxygen atoms in total. The molecule has 3 atom stereocenters. The van der Waals surface area contributed by atoms with Gasteiger partial charge < -0.3 is 4.74 Å². The fourth-order valence-electron chi connectivity index (χ4n) is 3.73. The summed E-state index contributed by atoms with van der Waals surface area (Å²) in [5, 5.41) is 0. The van der Waals surface area contributed by atoms with E-state index < -0.39 is 0 Å². The maximum absolute atomic E-state index is 6.42. The number of hydrogen-bond acceptors (Lipinski definition) is 1. The Kier molecular flexibility index (Phi) is 4.03. The van der Waals surface area contributed by atoms with Crippen molar-refractivity contribution >= 4 is 0 Å². The Labute approximate surface area is 116 Å². The molecule has 1 saturated carbocycles. The van der Waals surface area contributed by atoms with Gasteiger partial charge in [0.05, 0.1) is 12.2 Å². The summed E-state index contributed by atoms with van der Waals surface area (Å²) in [4.78, 5) is 0. The molecule has 2 aliphatic rings. The Balaban J connectivity index is 1.73. The lowest BCUT2D eigenvalue weighted by Gasteiger charge is -2.27. The maximum Gasteiger partial charge on any atom is 0.0892 e. The lowest BCUT2D eigenvalue weighted by Crippen LogP contribution is -2.22. The molecular formula is C18H24O. The smallest absolute Gasteiger partial charge is 0.0892 e. The van der Waals surface area contributed by atoms with Crippen LogP contribution in [0.25, 0.3) is 0 Å². The third-order valence-electron chi connectivity index (χ3n) is 4.82. The average Bonchev–Trinajstić information content (AvgIpc) is 2.93. The molecule has 0 bridgehead atoms. The molecule has 1 aliphatic heterocycles. The van der Waals surface area contributed by atoms with E-state index >= 15 is 0 Å². The van der Waals surface area contributed by atoms with Crippen molar-refractivity contribution in [2.45, 2.75) is 50.7 Å². The van der Waals surface area contributed by atoms with Gasteiger partial charge in [-0.1, -0.05) is 55.7 Å². The van der Waals surface area contributed by atoms with Crippen LogP contribution in [0, 0.1) is 11.8 Å². The van der Waals surface area contributed by atoms with Gasteiger partial charge in [0.1, 0.15) is 0 Å². The van der Waals surface area contributed by atoms with E-state index in [-0.39, 0.29) is 6.10 Å². The van der Waals surface area contributed by atoms with Gasteiger partial charge in [0.25, 0.3) is 0 Å². The fraction of sp³-hybridized carbons (Fsp3) is 0.556. The number of rotatable bonds is 3. The highest BCUT2D eigenvalue weighted by molar-refractivity contribution is 5.21. The van der Waals surface area contributed by atoms with Gasteiger partial charge in [0, 0.05) is 5.92 Å². The second-order valence-electron chi connectivity index (χ2n) is 6.04. The first-order chi connectivity index (χ1) is 9.38. The topological polar surface area (TPSA) is 9.23 Å². The summed E-state index contributed by atoms with van der Waals surface area (Å²) in [6, 6.07) is 10.6. The SMILES string of the molecule is C=C[C@H]1C[C@@H](C2CCCCC2)O[C@H]1c1ccccc1. The molecule has 1 saturated heterocycles. The van der Waals surface area contributed by atoms with E-state index in [0.717, 1.165) is 12.3 Å². The monoisotopic (exact) mass is 256 g/mol. The molecule has 0 unspecified atom stereocenters. The zero-order chi connectivity index (χ0) is 13.1. The molecule has 0 amide bonds. The lowest BCUT2D eigenvalue weighted by molar-refractivity contribution is -0.00420. The first kappa shape index (κ1) is 12.9. The summed E-state index contributed by atoms with van der Waals surface area (Å²) < 4.78 is 6.42. The minimum Gasteiger partial charge on any atom is -0.369 e. The van der Waals surface area contributed by atoms with Crippen molar-refractivity contribution in [3.8, 4) is 0 Å². The molecule has 19 heavy (non-hydrogen) atoms. The van der Waals surface area contributed by atoms with Gasteiger partial charge in [-0.2, -0.15) is 0 Å². The summed E-state index contributed by atoms with van der Waals surface area (Å²) >= 11 is 0.